The number of fused-ring (bicyclic) bond motifs is 1. The van der Waals surface area contributed by atoms with Crippen molar-refractivity contribution in [3.05, 3.63) is 59.2 Å². The van der Waals surface area contributed by atoms with Gasteiger partial charge in [0.15, 0.2) is 5.17 Å². The maximum absolute atomic E-state index is 14.8. The number of hydrogen-bond donors (Lipinski definition) is 2. The number of pyridine rings is 1. The molecule has 2 heterocycles. The number of nitrogens with two attached hydrogens (primary N) is 1. The molecule has 6 nitrogen and oxygen atoms in total. The number of carbonyl (C=O) groups excluding carboxylic acids is 1. The summed E-state index contributed by atoms with van der Waals surface area (Å²) in [6, 6.07) is 9.01. The van der Waals surface area contributed by atoms with Gasteiger partial charge in [-0.3, -0.25) is 9.79 Å². The van der Waals surface area contributed by atoms with E-state index in [0.29, 0.717) is 28.6 Å². The molecule has 0 bridgehead atoms. The summed E-state index contributed by atoms with van der Waals surface area (Å²) >= 11 is 1.35. The second-order valence-electron chi connectivity index (χ2n) is 7.11. The van der Waals surface area contributed by atoms with Crippen LogP contribution in [0.4, 0.5) is 14.5 Å². The lowest BCUT2D eigenvalue weighted by Gasteiger charge is -2.35. The van der Waals surface area contributed by atoms with Gasteiger partial charge in [-0.05, 0) is 36.8 Å². The summed E-state index contributed by atoms with van der Waals surface area (Å²) in [7, 11) is 0. The first-order chi connectivity index (χ1) is 13.9. The van der Waals surface area contributed by atoms with Crippen LogP contribution in [0.2, 0.25) is 0 Å². The largest absolute Gasteiger partial charge is 0.379 e. The van der Waals surface area contributed by atoms with Crippen molar-refractivity contribution in [3.8, 4) is 6.07 Å². The van der Waals surface area contributed by atoms with Gasteiger partial charge >= 0.3 is 0 Å². The normalized spacial score (nSPS) is 24.8. The van der Waals surface area contributed by atoms with E-state index in [1.807, 2.05) is 6.07 Å². The van der Waals surface area contributed by atoms with E-state index in [2.05, 4.69) is 15.3 Å². The third-order valence-corrected chi connectivity index (χ3v) is 6.26. The lowest BCUT2D eigenvalue weighted by molar-refractivity contribution is 0.102. The lowest BCUT2D eigenvalue weighted by Crippen LogP contribution is -2.37. The number of benzene rings is 1. The molecule has 1 fully saturated rings. The van der Waals surface area contributed by atoms with Crippen LogP contribution in [0.1, 0.15) is 41.9 Å². The molecule has 30 heavy (non-hydrogen) atoms. The third-order valence-electron chi connectivity index (χ3n) is 5.31. The minimum absolute atomic E-state index is 0. The number of nitrogens with one attached hydrogen (secondary N) is 1. The molecule has 1 amide bonds. The van der Waals surface area contributed by atoms with Gasteiger partial charge in [-0.1, -0.05) is 19.2 Å². The standard InChI is InChI=1S/C20H17F2N5OS.CH4/c21-13-5-12-10-29-19(24)27-20(12,7-13)15-6-14(2-3-16(15)22)26-18(28)17-4-1-11(8-23)9-25-17;/h1-4,6,9,12-13H,5,7,10H2,(H2,24,27)(H,26,28);1H4/t12-,13+,20-;/m0./s1. The summed E-state index contributed by atoms with van der Waals surface area (Å²) in [4.78, 5) is 20.9. The Hall–Kier alpha value is -2.99. The van der Waals surface area contributed by atoms with Gasteiger partial charge in [0.1, 0.15) is 23.8 Å². The highest BCUT2D eigenvalue weighted by atomic mass is 32.2. The van der Waals surface area contributed by atoms with E-state index in [4.69, 9.17) is 11.0 Å². The van der Waals surface area contributed by atoms with Crippen LogP contribution in [-0.4, -0.2) is 28.0 Å². The Labute approximate surface area is 177 Å². The fourth-order valence-corrected chi connectivity index (χ4v) is 4.97. The van der Waals surface area contributed by atoms with Gasteiger partial charge in [-0.2, -0.15) is 5.26 Å². The molecule has 2 aromatic rings. The van der Waals surface area contributed by atoms with E-state index in [9.17, 15) is 13.6 Å². The summed E-state index contributed by atoms with van der Waals surface area (Å²) in [5.41, 5.74) is 5.87. The highest BCUT2D eigenvalue weighted by molar-refractivity contribution is 8.13. The average molecular weight is 429 g/mol. The van der Waals surface area contributed by atoms with Gasteiger partial charge < -0.3 is 11.1 Å². The quantitative estimate of drug-likeness (QED) is 0.768. The molecule has 156 valence electrons. The van der Waals surface area contributed by atoms with Gasteiger partial charge in [-0.25, -0.2) is 13.8 Å². The van der Waals surface area contributed by atoms with E-state index in [-0.39, 0.29) is 31.0 Å². The number of alkyl halides is 1. The molecule has 3 N–H and O–H groups in total. The van der Waals surface area contributed by atoms with Gasteiger partial charge in [0.25, 0.3) is 5.91 Å². The molecule has 0 saturated heterocycles. The molecule has 1 saturated carbocycles. The zero-order valence-electron chi connectivity index (χ0n) is 15.2. The molecule has 1 aliphatic carbocycles. The fourth-order valence-electron chi connectivity index (χ4n) is 3.96. The number of nitriles is 1. The Morgan fingerprint density at radius 1 is 1.37 bits per heavy atom. The first-order valence-corrected chi connectivity index (χ1v) is 9.99. The molecule has 0 spiro atoms. The van der Waals surface area contributed by atoms with Gasteiger partial charge in [0.2, 0.25) is 0 Å². The van der Waals surface area contributed by atoms with Crippen molar-refractivity contribution in [1.29, 1.82) is 5.26 Å². The monoisotopic (exact) mass is 429 g/mol. The Morgan fingerprint density at radius 3 is 2.87 bits per heavy atom. The summed E-state index contributed by atoms with van der Waals surface area (Å²) in [5, 5.41) is 11.8. The van der Waals surface area contributed by atoms with Gasteiger partial charge in [0.05, 0.1) is 11.1 Å². The minimum atomic E-state index is -1.09. The second kappa shape index (κ2) is 8.40. The second-order valence-corrected chi connectivity index (χ2v) is 8.15. The van der Waals surface area contributed by atoms with Crippen molar-refractivity contribution in [2.75, 3.05) is 11.1 Å². The number of nitrogens with zero attached hydrogens (tertiary/aromatic N) is 3. The van der Waals surface area contributed by atoms with Crippen LogP contribution >= 0.6 is 11.8 Å². The molecular formula is C21H21F2N5OS. The lowest BCUT2D eigenvalue weighted by atomic mass is 9.81. The molecule has 0 radical (unpaired) electrons. The van der Waals surface area contributed by atoms with Crippen LogP contribution in [0.15, 0.2) is 41.5 Å². The van der Waals surface area contributed by atoms with Crippen molar-refractivity contribution >= 4 is 28.5 Å². The van der Waals surface area contributed by atoms with Crippen molar-refractivity contribution in [2.24, 2.45) is 16.6 Å². The van der Waals surface area contributed by atoms with Crippen LogP contribution in [0, 0.1) is 23.1 Å². The third kappa shape index (κ3) is 3.87. The molecule has 1 aromatic carbocycles. The predicted molar refractivity (Wildman–Crippen MR) is 113 cm³/mol. The fraction of sp³-hybridized carbons (Fsp3) is 0.333. The number of thioether (sulfide) groups is 1. The van der Waals surface area contributed by atoms with Crippen molar-refractivity contribution in [3.63, 3.8) is 0 Å². The van der Waals surface area contributed by atoms with Crippen LogP contribution in [0.3, 0.4) is 0 Å². The summed E-state index contributed by atoms with van der Waals surface area (Å²) < 4.78 is 29.1. The highest BCUT2D eigenvalue weighted by Crippen LogP contribution is 2.52. The number of aromatic nitrogens is 1. The predicted octanol–water partition coefficient (Wildman–Crippen LogP) is 3.99. The van der Waals surface area contributed by atoms with Gasteiger partial charge in [0, 0.05) is 35.5 Å². The molecule has 1 aromatic heterocycles. The highest BCUT2D eigenvalue weighted by Gasteiger charge is 2.52. The number of aliphatic imine (C=N–C) groups is 1. The summed E-state index contributed by atoms with van der Waals surface area (Å²) in [6.07, 6.45) is 0.571. The molecule has 0 unspecified atom stereocenters. The Balaban J connectivity index is 0.00000256. The maximum Gasteiger partial charge on any atom is 0.274 e. The Kier molecular flexibility index (Phi) is 6.08. The zero-order valence-corrected chi connectivity index (χ0v) is 16.0. The molecule has 4 rings (SSSR count). The maximum atomic E-state index is 14.8. The van der Waals surface area contributed by atoms with Crippen molar-refractivity contribution in [2.45, 2.75) is 32.0 Å². The number of halogens is 2. The van der Waals surface area contributed by atoms with E-state index >= 15 is 0 Å². The average Bonchev–Trinajstić information content (AvgIpc) is 3.05. The topological polar surface area (TPSA) is 104 Å². The first kappa shape index (κ1) is 21.7. The number of carbonyl (C=O) groups is 1. The van der Waals surface area contributed by atoms with E-state index < -0.39 is 23.4 Å². The smallest absolute Gasteiger partial charge is 0.274 e. The first-order valence-electron chi connectivity index (χ1n) is 9.01. The molecule has 3 atom stereocenters. The molecular weight excluding hydrogens is 408 g/mol. The van der Waals surface area contributed by atoms with Crippen LogP contribution in [0.5, 0.6) is 0 Å². The zero-order chi connectivity index (χ0) is 20.6. The number of anilines is 1. The summed E-state index contributed by atoms with van der Waals surface area (Å²) in [5.74, 6) is -0.614. The molecule has 2 aliphatic rings. The van der Waals surface area contributed by atoms with E-state index in [0.717, 1.165) is 0 Å². The number of hydrogen-bond acceptors (Lipinski definition) is 6. The SMILES string of the molecule is C.N#Cc1ccc(C(=O)Nc2ccc(F)c([C@]34C[C@H](F)C[C@H]3CSC(N)=N4)c2)nc1. The van der Waals surface area contributed by atoms with Crippen molar-refractivity contribution in [1.82, 2.24) is 4.98 Å². The molecule has 1 aliphatic heterocycles. The van der Waals surface area contributed by atoms with Gasteiger partial charge in [-0.15, -0.1) is 0 Å². The van der Waals surface area contributed by atoms with Crippen LogP contribution < -0.4 is 11.1 Å². The van der Waals surface area contributed by atoms with E-state index in [1.165, 1.54) is 48.3 Å². The Morgan fingerprint density at radius 2 is 2.17 bits per heavy atom. The van der Waals surface area contributed by atoms with E-state index in [1.54, 1.807) is 0 Å². The van der Waals surface area contributed by atoms with Crippen LogP contribution in [-0.2, 0) is 5.54 Å². The number of amidine groups is 1. The number of amides is 1. The number of rotatable bonds is 3. The summed E-state index contributed by atoms with van der Waals surface area (Å²) in [6.45, 7) is 0. The minimum Gasteiger partial charge on any atom is -0.379 e. The Bertz CT molecular complexity index is 1040. The van der Waals surface area contributed by atoms with Crippen LogP contribution in [0.25, 0.3) is 0 Å². The van der Waals surface area contributed by atoms with Crippen molar-refractivity contribution < 1.29 is 13.6 Å². The molecule has 9 heteroatoms.